The molecule has 0 aliphatic carbocycles. The molecule has 1 fully saturated rings. The van der Waals surface area contributed by atoms with Gasteiger partial charge >= 0.3 is 5.97 Å². The molecular weight excluding hydrogens is 240 g/mol. The van der Waals surface area contributed by atoms with E-state index in [0.29, 0.717) is 18.0 Å². The van der Waals surface area contributed by atoms with Crippen LogP contribution < -0.4 is 0 Å². The van der Waals surface area contributed by atoms with Gasteiger partial charge < -0.3 is 14.6 Å². The fourth-order valence-corrected chi connectivity index (χ4v) is 2.92. The average Bonchev–Trinajstić information content (AvgIpc) is 2.74. The highest BCUT2D eigenvalue weighted by Gasteiger charge is 2.33. The lowest BCUT2D eigenvalue weighted by molar-refractivity contribution is -0.141. The Balaban J connectivity index is 2.23. The van der Waals surface area contributed by atoms with Crippen molar-refractivity contribution in [2.45, 2.75) is 6.04 Å². The third kappa shape index (κ3) is 2.31. The molecule has 1 saturated heterocycles. The van der Waals surface area contributed by atoms with Crippen LogP contribution in [-0.2, 0) is 11.8 Å². The Labute approximate surface area is 103 Å². The summed E-state index contributed by atoms with van der Waals surface area (Å²) in [6, 6.07) is 2.78. The predicted molar refractivity (Wildman–Crippen MR) is 65.2 cm³/mol. The average molecular weight is 254 g/mol. The van der Waals surface area contributed by atoms with E-state index in [-0.39, 0.29) is 5.91 Å². The van der Waals surface area contributed by atoms with Crippen LogP contribution in [0.1, 0.15) is 10.5 Å². The number of amides is 1. The van der Waals surface area contributed by atoms with Gasteiger partial charge in [-0.3, -0.25) is 4.79 Å². The highest BCUT2D eigenvalue weighted by molar-refractivity contribution is 7.99. The van der Waals surface area contributed by atoms with Crippen molar-refractivity contribution in [2.24, 2.45) is 7.05 Å². The number of aliphatic carboxylic acids is 1. The minimum Gasteiger partial charge on any atom is -0.480 e. The minimum atomic E-state index is -0.931. The molecule has 17 heavy (non-hydrogen) atoms. The highest BCUT2D eigenvalue weighted by atomic mass is 32.2. The number of hydrogen-bond donors (Lipinski definition) is 1. The molecule has 0 aromatic carbocycles. The summed E-state index contributed by atoms with van der Waals surface area (Å²) in [4.78, 5) is 24.8. The lowest BCUT2D eigenvalue weighted by atomic mass is 10.2. The van der Waals surface area contributed by atoms with Crippen molar-refractivity contribution in [1.29, 1.82) is 0 Å². The van der Waals surface area contributed by atoms with Crippen LogP contribution in [0.4, 0.5) is 0 Å². The summed E-state index contributed by atoms with van der Waals surface area (Å²) in [5, 5.41) is 9.11. The van der Waals surface area contributed by atoms with Gasteiger partial charge in [-0.15, -0.1) is 0 Å². The molecule has 6 heteroatoms. The topological polar surface area (TPSA) is 62.5 Å². The summed E-state index contributed by atoms with van der Waals surface area (Å²) < 4.78 is 1.71. The molecule has 0 bridgehead atoms. The first-order valence-electron chi connectivity index (χ1n) is 5.34. The first kappa shape index (κ1) is 12.0. The Bertz CT molecular complexity index is 444. The first-order valence-corrected chi connectivity index (χ1v) is 6.49. The monoisotopic (exact) mass is 254 g/mol. The van der Waals surface area contributed by atoms with E-state index in [4.69, 9.17) is 5.11 Å². The summed E-state index contributed by atoms with van der Waals surface area (Å²) in [5.41, 5.74) is 0.531. The van der Waals surface area contributed by atoms with Gasteiger partial charge in [0.15, 0.2) is 0 Å². The number of nitrogens with zero attached hydrogens (tertiary/aromatic N) is 2. The maximum Gasteiger partial charge on any atom is 0.327 e. The van der Waals surface area contributed by atoms with Gasteiger partial charge in [-0.25, -0.2) is 4.79 Å². The molecule has 1 atom stereocenters. The Hall–Kier alpha value is -1.43. The summed E-state index contributed by atoms with van der Waals surface area (Å²) in [5.74, 6) is 0.121. The molecule has 2 rings (SSSR count). The number of thioether (sulfide) groups is 1. The van der Waals surface area contributed by atoms with Gasteiger partial charge in [-0.2, -0.15) is 11.8 Å². The minimum absolute atomic E-state index is 0.204. The van der Waals surface area contributed by atoms with Crippen LogP contribution >= 0.6 is 11.8 Å². The lowest BCUT2D eigenvalue weighted by Crippen LogP contribution is -2.50. The largest absolute Gasteiger partial charge is 0.480 e. The van der Waals surface area contributed by atoms with Crippen molar-refractivity contribution in [3.05, 3.63) is 24.0 Å². The molecular formula is C11H14N2O3S. The SMILES string of the molecule is Cn1cccc1C(=O)N1CCSCC1C(=O)O. The standard InChI is InChI=1S/C11H14N2O3S/c1-12-4-2-3-8(12)10(14)13-5-6-17-7-9(13)11(15)16/h2-4,9H,5-7H2,1H3,(H,15,16). The zero-order chi connectivity index (χ0) is 12.4. The van der Waals surface area contributed by atoms with E-state index in [9.17, 15) is 9.59 Å². The number of rotatable bonds is 2. The maximum atomic E-state index is 12.2. The van der Waals surface area contributed by atoms with Crippen LogP contribution in [0.3, 0.4) is 0 Å². The molecule has 92 valence electrons. The van der Waals surface area contributed by atoms with Crippen LogP contribution in [0, 0.1) is 0 Å². The van der Waals surface area contributed by atoms with E-state index >= 15 is 0 Å². The molecule has 1 aliphatic heterocycles. The number of carboxylic acids is 1. The van der Waals surface area contributed by atoms with Gasteiger partial charge in [-0.05, 0) is 12.1 Å². The van der Waals surface area contributed by atoms with Crippen LogP contribution in [0.2, 0.25) is 0 Å². The van der Waals surface area contributed by atoms with Crippen molar-refractivity contribution in [2.75, 3.05) is 18.1 Å². The van der Waals surface area contributed by atoms with Crippen LogP contribution in [0.25, 0.3) is 0 Å². The third-order valence-electron chi connectivity index (χ3n) is 2.84. The van der Waals surface area contributed by atoms with Crippen LogP contribution in [-0.4, -0.2) is 50.5 Å². The zero-order valence-electron chi connectivity index (χ0n) is 9.50. The van der Waals surface area contributed by atoms with E-state index < -0.39 is 12.0 Å². The van der Waals surface area contributed by atoms with Gasteiger partial charge in [0.2, 0.25) is 0 Å². The summed E-state index contributed by atoms with van der Waals surface area (Å²) in [6.07, 6.45) is 1.78. The fraction of sp³-hybridized carbons (Fsp3) is 0.455. The second-order valence-corrected chi connectivity index (χ2v) is 5.08. The van der Waals surface area contributed by atoms with Crippen molar-refractivity contribution < 1.29 is 14.7 Å². The van der Waals surface area contributed by atoms with Crippen LogP contribution in [0.15, 0.2) is 18.3 Å². The van der Waals surface area contributed by atoms with Crippen LogP contribution in [0.5, 0.6) is 0 Å². The molecule has 1 aliphatic rings. The Morgan fingerprint density at radius 2 is 2.29 bits per heavy atom. The van der Waals surface area contributed by atoms with Crippen molar-refractivity contribution in [1.82, 2.24) is 9.47 Å². The number of aromatic nitrogens is 1. The zero-order valence-corrected chi connectivity index (χ0v) is 10.3. The van der Waals surface area contributed by atoms with Gasteiger partial charge in [0, 0.05) is 31.3 Å². The van der Waals surface area contributed by atoms with Crippen molar-refractivity contribution >= 4 is 23.6 Å². The molecule has 1 aromatic rings. The van der Waals surface area contributed by atoms with Gasteiger partial charge in [0.05, 0.1) is 0 Å². The second kappa shape index (κ2) is 4.83. The van der Waals surface area contributed by atoms with Gasteiger partial charge in [0.25, 0.3) is 5.91 Å². The second-order valence-electron chi connectivity index (χ2n) is 3.93. The van der Waals surface area contributed by atoms with Crippen molar-refractivity contribution in [3.8, 4) is 0 Å². The van der Waals surface area contributed by atoms with Crippen molar-refractivity contribution in [3.63, 3.8) is 0 Å². The Kier molecular flexibility index (Phi) is 3.42. The molecule has 2 heterocycles. The number of hydrogen-bond acceptors (Lipinski definition) is 3. The molecule has 5 nitrogen and oxygen atoms in total. The quantitative estimate of drug-likeness (QED) is 0.842. The van der Waals surface area contributed by atoms with E-state index in [1.807, 2.05) is 0 Å². The summed E-state index contributed by atoms with van der Waals surface area (Å²) in [6.45, 7) is 0.492. The number of carboxylic acid groups (broad SMARTS) is 1. The molecule has 1 N–H and O–H groups in total. The summed E-state index contributed by atoms with van der Waals surface area (Å²) >= 11 is 1.57. The van der Waals surface area contributed by atoms with Gasteiger partial charge in [0.1, 0.15) is 11.7 Å². The van der Waals surface area contributed by atoms with Gasteiger partial charge in [-0.1, -0.05) is 0 Å². The first-order chi connectivity index (χ1) is 8.11. The molecule has 1 aromatic heterocycles. The smallest absolute Gasteiger partial charge is 0.327 e. The molecule has 1 unspecified atom stereocenters. The van der Waals surface area contributed by atoms with E-state index in [2.05, 4.69) is 0 Å². The predicted octanol–water partition coefficient (Wildman–Crippen LogP) is 0.667. The highest BCUT2D eigenvalue weighted by Crippen LogP contribution is 2.19. The van der Waals surface area contributed by atoms with E-state index in [0.717, 1.165) is 5.75 Å². The third-order valence-corrected chi connectivity index (χ3v) is 3.86. The normalized spacial score (nSPS) is 20.3. The number of carbonyl (C=O) groups excluding carboxylic acids is 1. The number of aryl methyl sites for hydroxylation is 1. The molecule has 0 radical (unpaired) electrons. The number of carbonyl (C=O) groups is 2. The lowest BCUT2D eigenvalue weighted by Gasteiger charge is -2.32. The molecule has 1 amide bonds. The fourth-order valence-electron chi connectivity index (χ4n) is 1.88. The van der Waals surface area contributed by atoms with E-state index in [1.165, 1.54) is 4.90 Å². The van der Waals surface area contributed by atoms with E-state index in [1.54, 1.807) is 41.7 Å². The summed E-state index contributed by atoms with van der Waals surface area (Å²) in [7, 11) is 1.78. The Morgan fingerprint density at radius 3 is 2.88 bits per heavy atom. The Morgan fingerprint density at radius 1 is 1.53 bits per heavy atom. The maximum absolute atomic E-state index is 12.2. The molecule has 0 spiro atoms. The molecule has 0 saturated carbocycles.